The molecule has 2 atom stereocenters. The number of pyridine rings is 1. The molecule has 0 aliphatic carbocycles. The van der Waals surface area contributed by atoms with E-state index >= 15 is 0 Å². The van der Waals surface area contributed by atoms with Gasteiger partial charge in [-0.1, -0.05) is 12.1 Å². The number of nitrogens with zero attached hydrogens (tertiary/aromatic N) is 2. The second kappa shape index (κ2) is 7.30. The molecule has 5 rings (SSSR count). The number of amides is 1. The van der Waals surface area contributed by atoms with Gasteiger partial charge in [0.1, 0.15) is 0 Å². The molecule has 5 nitrogen and oxygen atoms in total. The molecule has 2 saturated heterocycles. The molecule has 0 bridgehead atoms. The van der Waals surface area contributed by atoms with E-state index in [2.05, 4.69) is 46.2 Å². The number of ether oxygens (including phenoxy) is 1. The molecule has 2 unspecified atom stereocenters. The number of hydrogen-bond donors (Lipinski definition) is 1. The normalized spacial score (nSPS) is 24.3. The smallest absolute Gasteiger partial charge is 0.231 e. The molecular weight excluding hydrogens is 362 g/mol. The average molecular weight is 389 g/mol. The van der Waals surface area contributed by atoms with Crippen LogP contribution in [0.15, 0.2) is 48.9 Å². The Hall–Kier alpha value is -2.66. The van der Waals surface area contributed by atoms with Crippen LogP contribution in [-0.4, -0.2) is 34.7 Å². The van der Waals surface area contributed by atoms with Crippen LogP contribution in [-0.2, 0) is 27.9 Å². The summed E-state index contributed by atoms with van der Waals surface area (Å²) in [4.78, 5) is 17.2. The lowest BCUT2D eigenvalue weighted by Crippen LogP contribution is -2.37. The van der Waals surface area contributed by atoms with Gasteiger partial charge >= 0.3 is 0 Å². The van der Waals surface area contributed by atoms with Crippen LogP contribution in [0, 0.1) is 6.92 Å². The summed E-state index contributed by atoms with van der Waals surface area (Å²) in [7, 11) is 0. The quantitative estimate of drug-likeness (QED) is 0.726. The first-order valence-corrected chi connectivity index (χ1v) is 10.5. The number of rotatable bonds is 5. The number of fused-ring (bicyclic) bond motifs is 1. The number of aryl methyl sites for hydroxylation is 1. The molecule has 150 valence electrons. The van der Waals surface area contributed by atoms with Gasteiger partial charge in [-0.25, -0.2) is 0 Å². The lowest BCUT2D eigenvalue weighted by Gasteiger charge is -2.27. The molecule has 1 amide bonds. The summed E-state index contributed by atoms with van der Waals surface area (Å²) in [5.74, 6) is 0.127. The van der Waals surface area contributed by atoms with Gasteiger partial charge in [-0.2, -0.15) is 0 Å². The van der Waals surface area contributed by atoms with Crippen LogP contribution in [0.4, 0.5) is 0 Å². The van der Waals surface area contributed by atoms with E-state index in [-0.39, 0.29) is 12.0 Å². The van der Waals surface area contributed by atoms with Crippen molar-refractivity contribution in [3.8, 4) is 0 Å². The Kier molecular flexibility index (Phi) is 4.63. The molecule has 2 aliphatic heterocycles. The number of aromatic nitrogens is 2. The van der Waals surface area contributed by atoms with Crippen molar-refractivity contribution in [2.45, 2.75) is 50.7 Å². The van der Waals surface area contributed by atoms with Gasteiger partial charge in [-0.05, 0) is 67.5 Å². The Morgan fingerprint density at radius 1 is 1.28 bits per heavy atom. The third kappa shape index (κ3) is 3.23. The summed E-state index contributed by atoms with van der Waals surface area (Å²) in [6, 6.07) is 10.6. The summed E-state index contributed by atoms with van der Waals surface area (Å²) >= 11 is 0. The summed E-state index contributed by atoms with van der Waals surface area (Å²) in [6.45, 7) is 4.61. The Morgan fingerprint density at radius 3 is 2.86 bits per heavy atom. The van der Waals surface area contributed by atoms with Gasteiger partial charge in [0.15, 0.2) is 0 Å². The number of nitrogens with one attached hydrogen (secondary N) is 1. The number of benzene rings is 1. The minimum atomic E-state index is -0.525. The first-order chi connectivity index (χ1) is 14.2. The van der Waals surface area contributed by atoms with Gasteiger partial charge in [0.05, 0.1) is 11.5 Å². The third-order valence-corrected chi connectivity index (χ3v) is 6.59. The van der Waals surface area contributed by atoms with Crippen molar-refractivity contribution in [1.29, 1.82) is 0 Å². The molecule has 0 spiro atoms. The van der Waals surface area contributed by atoms with Crippen LogP contribution < -0.4 is 5.32 Å². The highest BCUT2D eigenvalue weighted by molar-refractivity contribution is 5.93. The predicted molar refractivity (Wildman–Crippen MR) is 113 cm³/mol. The van der Waals surface area contributed by atoms with Gasteiger partial charge < -0.3 is 14.6 Å². The van der Waals surface area contributed by atoms with Crippen molar-refractivity contribution in [3.63, 3.8) is 0 Å². The molecule has 5 heteroatoms. The number of carbonyl (C=O) groups excluding carboxylic acids is 1. The monoisotopic (exact) mass is 389 g/mol. The first kappa shape index (κ1) is 18.4. The molecule has 4 heterocycles. The van der Waals surface area contributed by atoms with Crippen molar-refractivity contribution in [2.75, 3.05) is 13.2 Å². The van der Waals surface area contributed by atoms with Crippen molar-refractivity contribution in [2.24, 2.45) is 0 Å². The van der Waals surface area contributed by atoms with E-state index in [0.717, 1.165) is 50.1 Å². The van der Waals surface area contributed by atoms with Crippen LogP contribution >= 0.6 is 0 Å². The van der Waals surface area contributed by atoms with Crippen molar-refractivity contribution in [3.05, 3.63) is 65.6 Å². The summed E-state index contributed by atoms with van der Waals surface area (Å²) < 4.78 is 8.19. The van der Waals surface area contributed by atoms with E-state index in [1.165, 1.54) is 16.5 Å². The van der Waals surface area contributed by atoms with Crippen LogP contribution in [0.1, 0.15) is 36.0 Å². The second-order valence-corrected chi connectivity index (χ2v) is 8.45. The molecule has 1 aromatic carbocycles. The zero-order valence-electron chi connectivity index (χ0n) is 16.9. The van der Waals surface area contributed by atoms with Crippen molar-refractivity contribution < 1.29 is 9.53 Å². The van der Waals surface area contributed by atoms with Crippen LogP contribution in [0.3, 0.4) is 0 Å². The lowest BCUT2D eigenvalue weighted by molar-refractivity contribution is -0.124. The van der Waals surface area contributed by atoms with Gasteiger partial charge in [-0.3, -0.25) is 9.78 Å². The zero-order chi connectivity index (χ0) is 19.8. The van der Waals surface area contributed by atoms with Gasteiger partial charge in [-0.15, -0.1) is 0 Å². The minimum Gasteiger partial charge on any atom is -0.376 e. The maximum absolute atomic E-state index is 13.1. The lowest BCUT2D eigenvalue weighted by atomic mass is 9.74. The first-order valence-electron chi connectivity index (χ1n) is 10.5. The van der Waals surface area contributed by atoms with Gasteiger partial charge in [0, 0.05) is 49.2 Å². The molecule has 29 heavy (non-hydrogen) atoms. The highest BCUT2D eigenvalue weighted by atomic mass is 16.5. The standard InChI is InChI=1S/C24H27N3O2/c1-17-15-27(16-20-3-2-12-29-20)22-13-19(4-5-21(17)22)24(8-11-26-23(24)28)14-18-6-9-25-10-7-18/h4-7,9-10,13,15,20H,2-3,8,11-12,14,16H2,1H3,(H,26,28). The summed E-state index contributed by atoms with van der Waals surface area (Å²) in [6.07, 6.45) is 9.87. The maximum Gasteiger partial charge on any atom is 0.231 e. The summed E-state index contributed by atoms with van der Waals surface area (Å²) in [5.41, 5.74) is 4.18. The minimum absolute atomic E-state index is 0.127. The zero-order valence-corrected chi connectivity index (χ0v) is 16.9. The van der Waals surface area contributed by atoms with Crippen LogP contribution in [0.25, 0.3) is 10.9 Å². The Morgan fingerprint density at radius 2 is 2.14 bits per heavy atom. The molecule has 2 fully saturated rings. The second-order valence-electron chi connectivity index (χ2n) is 8.45. The SMILES string of the molecule is Cc1cn(CC2CCCO2)c2cc(C3(Cc4ccncc4)CCNC3=O)ccc12. The van der Waals surface area contributed by atoms with Crippen molar-refractivity contribution in [1.82, 2.24) is 14.9 Å². The van der Waals surface area contributed by atoms with E-state index in [0.29, 0.717) is 6.42 Å². The third-order valence-electron chi connectivity index (χ3n) is 6.59. The molecule has 2 aromatic heterocycles. The molecular formula is C24H27N3O2. The van der Waals surface area contributed by atoms with Crippen LogP contribution in [0.5, 0.6) is 0 Å². The molecule has 0 radical (unpaired) electrons. The van der Waals surface area contributed by atoms with Crippen molar-refractivity contribution >= 4 is 16.8 Å². The average Bonchev–Trinajstić information content (AvgIpc) is 3.45. The number of hydrogen-bond acceptors (Lipinski definition) is 3. The number of carbonyl (C=O) groups is 1. The maximum atomic E-state index is 13.1. The topological polar surface area (TPSA) is 56.1 Å². The van der Waals surface area contributed by atoms with E-state index in [1.54, 1.807) is 12.4 Å². The van der Waals surface area contributed by atoms with Gasteiger partial charge in [0.2, 0.25) is 5.91 Å². The van der Waals surface area contributed by atoms with Crippen LogP contribution in [0.2, 0.25) is 0 Å². The fourth-order valence-electron chi connectivity index (χ4n) is 5.00. The molecule has 0 saturated carbocycles. The Labute approximate surface area is 171 Å². The highest BCUT2D eigenvalue weighted by Crippen LogP contribution is 2.37. The fourth-order valence-corrected chi connectivity index (χ4v) is 5.00. The molecule has 1 N–H and O–H groups in total. The fraction of sp³-hybridized carbons (Fsp3) is 0.417. The molecule has 2 aliphatic rings. The highest BCUT2D eigenvalue weighted by Gasteiger charge is 2.44. The summed E-state index contributed by atoms with van der Waals surface area (Å²) in [5, 5.41) is 4.33. The predicted octanol–water partition coefficient (Wildman–Crippen LogP) is 3.52. The van der Waals surface area contributed by atoms with Gasteiger partial charge in [0.25, 0.3) is 0 Å². The molecule has 3 aromatic rings. The van der Waals surface area contributed by atoms with E-state index in [9.17, 15) is 4.79 Å². The van der Waals surface area contributed by atoms with E-state index < -0.39 is 5.41 Å². The Bertz CT molecular complexity index is 1040. The van der Waals surface area contributed by atoms with E-state index in [1.807, 2.05) is 12.1 Å². The largest absolute Gasteiger partial charge is 0.376 e. The Balaban J connectivity index is 1.57. The van der Waals surface area contributed by atoms with E-state index in [4.69, 9.17) is 4.74 Å².